The second kappa shape index (κ2) is 3.86. The molecule has 0 saturated carbocycles. The molecule has 15 heavy (non-hydrogen) atoms. The quantitative estimate of drug-likeness (QED) is 0.787. The van der Waals surface area contributed by atoms with E-state index in [2.05, 4.69) is 15.2 Å². The Morgan fingerprint density at radius 1 is 1.60 bits per heavy atom. The average molecular weight is 206 g/mol. The van der Waals surface area contributed by atoms with Gasteiger partial charge in [-0.05, 0) is 13.8 Å². The standard InChI is InChI=1S/C10H14N4O/c1-3-14-5-4-11-10(14)9(15)8-6-12-13-7(8)2/h4-6,9,15H,3H2,1-2H3,(H,12,13). The smallest absolute Gasteiger partial charge is 0.142 e. The molecule has 2 aromatic heterocycles. The second-order valence-electron chi connectivity index (χ2n) is 3.42. The van der Waals surface area contributed by atoms with Gasteiger partial charge in [0.25, 0.3) is 0 Å². The number of nitrogens with zero attached hydrogens (tertiary/aromatic N) is 3. The Morgan fingerprint density at radius 2 is 2.40 bits per heavy atom. The first-order valence-corrected chi connectivity index (χ1v) is 4.93. The van der Waals surface area contributed by atoms with Crippen LogP contribution in [0.15, 0.2) is 18.6 Å². The van der Waals surface area contributed by atoms with Crippen LogP contribution in [0.2, 0.25) is 0 Å². The fraction of sp³-hybridized carbons (Fsp3) is 0.400. The molecule has 0 bridgehead atoms. The van der Waals surface area contributed by atoms with Gasteiger partial charge in [0.15, 0.2) is 0 Å². The minimum Gasteiger partial charge on any atom is -0.380 e. The monoisotopic (exact) mass is 206 g/mol. The zero-order chi connectivity index (χ0) is 10.8. The maximum atomic E-state index is 10.1. The van der Waals surface area contributed by atoms with Crippen LogP contribution in [-0.4, -0.2) is 24.9 Å². The number of aromatic amines is 1. The average Bonchev–Trinajstić information content (AvgIpc) is 2.84. The van der Waals surface area contributed by atoms with Crippen LogP contribution in [0.25, 0.3) is 0 Å². The van der Waals surface area contributed by atoms with Crippen molar-refractivity contribution in [3.63, 3.8) is 0 Å². The zero-order valence-electron chi connectivity index (χ0n) is 8.81. The van der Waals surface area contributed by atoms with E-state index < -0.39 is 6.10 Å². The number of aryl methyl sites for hydroxylation is 2. The first-order valence-electron chi connectivity index (χ1n) is 4.93. The van der Waals surface area contributed by atoms with Gasteiger partial charge in [0, 0.05) is 30.2 Å². The van der Waals surface area contributed by atoms with E-state index in [4.69, 9.17) is 0 Å². The van der Waals surface area contributed by atoms with Crippen molar-refractivity contribution < 1.29 is 5.11 Å². The molecule has 1 atom stereocenters. The molecule has 0 aromatic carbocycles. The molecule has 2 rings (SSSR count). The number of nitrogens with one attached hydrogen (secondary N) is 1. The van der Waals surface area contributed by atoms with Gasteiger partial charge >= 0.3 is 0 Å². The van der Waals surface area contributed by atoms with Crippen LogP contribution in [0.4, 0.5) is 0 Å². The van der Waals surface area contributed by atoms with Crippen LogP contribution < -0.4 is 0 Å². The van der Waals surface area contributed by atoms with E-state index in [0.29, 0.717) is 5.82 Å². The molecule has 2 N–H and O–H groups in total. The van der Waals surface area contributed by atoms with Crippen LogP contribution in [0.3, 0.4) is 0 Å². The molecule has 5 heteroatoms. The number of aromatic nitrogens is 4. The van der Waals surface area contributed by atoms with Crippen LogP contribution in [0.1, 0.15) is 30.1 Å². The van der Waals surface area contributed by atoms with Gasteiger partial charge in [-0.25, -0.2) is 4.98 Å². The van der Waals surface area contributed by atoms with E-state index in [1.807, 2.05) is 24.6 Å². The molecule has 80 valence electrons. The van der Waals surface area contributed by atoms with Gasteiger partial charge in [-0.15, -0.1) is 0 Å². The fourth-order valence-electron chi connectivity index (χ4n) is 1.61. The maximum Gasteiger partial charge on any atom is 0.142 e. The van der Waals surface area contributed by atoms with Gasteiger partial charge in [0.2, 0.25) is 0 Å². The van der Waals surface area contributed by atoms with E-state index in [1.54, 1.807) is 12.4 Å². The third kappa shape index (κ3) is 1.66. The zero-order valence-corrected chi connectivity index (χ0v) is 8.81. The van der Waals surface area contributed by atoms with E-state index in [1.165, 1.54) is 0 Å². The number of hydrogen-bond donors (Lipinski definition) is 2. The number of H-pyrrole nitrogens is 1. The van der Waals surface area contributed by atoms with Crippen molar-refractivity contribution in [3.8, 4) is 0 Å². The molecule has 0 fully saturated rings. The first-order chi connectivity index (χ1) is 7.24. The summed E-state index contributed by atoms with van der Waals surface area (Å²) >= 11 is 0. The van der Waals surface area contributed by atoms with Crippen LogP contribution >= 0.6 is 0 Å². The second-order valence-corrected chi connectivity index (χ2v) is 3.42. The molecule has 2 heterocycles. The summed E-state index contributed by atoms with van der Waals surface area (Å²) in [7, 11) is 0. The SMILES string of the molecule is CCn1ccnc1C(O)c1cn[nH]c1C. The molecule has 0 aliphatic rings. The lowest BCUT2D eigenvalue weighted by Gasteiger charge is -2.11. The lowest BCUT2D eigenvalue weighted by atomic mass is 10.1. The number of hydrogen-bond acceptors (Lipinski definition) is 3. The Morgan fingerprint density at radius 3 is 3.00 bits per heavy atom. The van der Waals surface area contributed by atoms with Crippen molar-refractivity contribution in [2.45, 2.75) is 26.5 Å². The lowest BCUT2D eigenvalue weighted by Crippen LogP contribution is -2.09. The fourth-order valence-corrected chi connectivity index (χ4v) is 1.61. The molecule has 0 radical (unpaired) electrons. The summed E-state index contributed by atoms with van der Waals surface area (Å²) in [5.74, 6) is 0.655. The van der Waals surface area contributed by atoms with Gasteiger partial charge in [0.05, 0.1) is 6.20 Å². The molecule has 0 saturated heterocycles. The Balaban J connectivity index is 2.36. The predicted octanol–water partition coefficient (Wildman–Crippen LogP) is 1.02. The highest BCUT2D eigenvalue weighted by atomic mass is 16.3. The Hall–Kier alpha value is -1.62. The molecule has 2 aromatic rings. The van der Waals surface area contributed by atoms with Crippen molar-refractivity contribution in [3.05, 3.63) is 35.7 Å². The molecule has 1 unspecified atom stereocenters. The molecule has 0 amide bonds. The summed E-state index contributed by atoms with van der Waals surface area (Å²) in [6.45, 7) is 4.69. The van der Waals surface area contributed by atoms with E-state index in [9.17, 15) is 5.11 Å². The summed E-state index contributed by atoms with van der Waals surface area (Å²) in [5.41, 5.74) is 1.64. The highest BCUT2D eigenvalue weighted by Gasteiger charge is 2.18. The van der Waals surface area contributed by atoms with E-state index in [0.717, 1.165) is 17.8 Å². The Kier molecular flexibility index (Phi) is 2.55. The summed E-state index contributed by atoms with van der Waals surface area (Å²) in [5, 5.41) is 16.8. The van der Waals surface area contributed by atoms with Crippen LogP contribution in [0.5, 0.6) is 0 Å². The summed E-state index contributed by atoms with van der Waals surface area (Å²) in [6.07, 6.45) is 4.47. The van der Waals surface area contributed by atoms with Gasteiger partial charge < -0.3 is 9.67 Å². The maximum absolute atomic E-state index is 10.1. The molecular formula is C10H14N4O. The topological polar surface area (TPSA) is 66.7 Å². The van der Waals surface area contributed by atoms with Gasteiger partial charge in [0.1, 0.15) is 11.9 Å². The third-order valence-electron chi connectivity index (χ3n) is 2.50. The minimum atomic E-state index is -0.710. The van der Waals surface area contributed by atoms with Crippen LogP contribution in [0, 0.1) is 6.92 Å². The van der Waals surface area contributed by atoms with Crippen molar-refractivity contribution in [1.29, 1.82) is 0 Å². The van der Waals surface area contributed by atoms with Crippen molar-refractivity contribution >= 4 is 0 Å². The van der Waals surface area contributed by atoms with E-state index in [-0.39, 0.29) is 0 Å². The molecule has 0 aliphatic carbocycles. The lowest BCUT2D eigenvalue weighted by molar-refractivity contribution is 0.204. The molecule has 0 aliphatic heterocycles. The first kappa shape index (κ1) is 9.92. The van der Waals surface area contributed by atoms with Crippen molar-refractivity contribution in [2.75, 3.05) is 0 Å². The predicted molar refractivity (Wildman–Crippen MR) is 55.3 cm³/mol. The molecular weight excluding hydrogens is 192 g/mol. The normalized spacial score (nSPS) is 13.0. The highest BCUT2D eigenvalue weighted by molar-refractivity contribution is 5.23. The number of rotatable bonds is 3. The Bertz CT molecular complexity index is 446. The van der Waals surface area contributed by atoms with Gasteiger partial charge in [-0.2, -0.15) is 5.10 Å². The van der Waals surface area contributed by atoms with Gasteiger partial charge in [-0.3, -0.25) is 5.10 Å². The molecule has 0 spiro atoms. The number of aliphatic hydroxyl groups is 1. The van der Waals surface area contributed by atoms with E-state index >= 15 is 0 Å². The summed E-state index contributed by atoms with van der Waals surface area (Å²) in [4.78, 5) is 4.16. The summed E-state index contributed by atoms with van der Waals surface area (Å²) in [6, 6.07) is 0. The van der Waals surface area contributed by atoms with Gasteiger partial charge in [-0.1, -0.05) is 0 Å². The molecule has 5 nitrogen and oxygen atoms in total. The third-order valence-corrected chi connectivity index (χ3v) is 2.50. The highest BCUT2D eigenvalue weighted by Crippen LogP contribution is 2.21. The Labute approximate surface area is 87.8 Å². The number of aliphatic hydroxyl groups excluding tert-OH is 1. The van der Waals surface area contributed by atoms with Crippen molar-refractivity contribution in [2.24, 2.45) is 0 Å². The largest absolute Gasteiger partial charge is 0.380 e. The summed E-state index contributed by atoms with van der Waals surface area (Å²) < 4.78 is 1.91. The minimum absolute atomic E-state index is 0.655. The van der Waals surface area contributed by atoms with Crippen LogP contribution in [-0.2, 0) is 6.54 Å². The number of imidazole rings is 1. The van der Waals surface area contributed by atoms with Crippen molar-refractivity contribution in [1.82, 2.24) is 19.7 Å².